The Bertz CT molecular complexity index is 436. The van der Waals surface area contributed by atoms with Gasteiger partial charge in [0.25, 0.3) is 0 Å². The highest BCUT2D eigenvalue weighted by Gasteiger charge is 2.43. The average molecular weight is 297 g/mol. The van der Waals surface area contributed by atoms with Gasteiger partial charge in [-0.05, 0) is 36.7 Å². The molecule has 0 amide bonds. The number of carbonyl (C=O) groups is 1. The summed E-state index contributed by atoms with van der Waals surface area (Å²) in [6.45, 7) is 4.35. The van der Waals surface area contributed by atoms with Gasteiger partial charge < -0.3 is 9.94 Å². The zero-order valence-corrected chi connectivity index (χ0v) is 13.1. The molecule has 0 radical (unpaired) electrons. The van der Waals surface area contributed by atoms with Crippen LogP contribution >= 0.6 is 11.8 Å². The fraction of sp³-hybridized carbons (Fsp3) is 0.733. The fourth-order valence-corrected chi connectivity index (χ4v) is 4.45. The molecule has 1 aliphatic heterocycles. The van der Waals surface area contributed by atoms with Crippen LogP contribution in [0.25, 0.3) is 0 Å². The molecule has 1 fully saturated rings. The maximum Gasteiger partial charge on any atom is 0.168 e. The topological polar surface area (TPSA) is 58.9 Å². The lowest BCUT2D eigenvalue weighted by atomic mass is 9.72. The quantitative estimate of drug-likeness (QED) is 0.623. The van der Waals surface area contributed by atoms with Gasteiger partial charge in [0, 0.05) is 12.8 Å². The largest absolute Gasteiger partial charge is 0.511 e. The minimum absolute atomic E-state index is 0.0156. The first kappa shape index (κ1) is 15.4. The number of nitrogens with zero attached hydrogens (tertiary/aromatic N) is 1. The van der Waals surface area contributed by atoms with E-state index in [9.17, 15) is 9.90 Å². The lowest BCUT2D eigenvalue weighted by Gasteiger charge is -2.32. The minimum Gasteiger partial charge on any atom is -0.511 e. The number of Topliss-reactive ketones (excluding diaryl/α,β-unsaturated/α-hetero) is 1. The van der Waals surface area contributed by atoms with Crippen LogP contribution in [0.5, 0.6) is 0 Å². The molecule has 20 heavy (non-hydrogen) atoms. The molecule has 112 valence electrons. The second-order valence-corrected chi connectivity index (χ2v) is 6.71. The van der Waals surface area contributed by atoms with Crippen LogP contribution in [0.3, 0.4) is 0 Å². The summed E-state index contributed by atoms with van der Waals surface area (Å²) in [5.41, 5.74) is 1.01. The van der Waals surface area contributed by atoms with Crippen molar-refractivity contribution >= 4 is 23.3 Å². The lowest BCUT2D eigenvalue weighted by molar-refractivity contribution is -0.118. The highest BCUT2D eigenvalue weighted by Crippen LogP contribution is 2.47. The molecule has 0 aromatic carbocycles. The normalized spacial score (nSPS) is 27.5. The van der Waals surface area contributed by atoms with E-state index >= 15 is 0 Å². The van der Waals surface area contributed by atoms with Crippen molar-refractivity contribution < 1.29 is 14.7 Å². The summed E-state index contributed by atoms with van der Waals surface area (Å²) in [6, 6.07) is 0. The third kappa shape index (κ3) is 3.19. The van der Waals surface area contributed by atoms with Gasteiger partial charge in [0.15, 0.2) is 5.78 Å². The van der Waals surface area contributed by atoms with Gasteiger partial charge in [-0.3, -0.25) is 4.79 Å². The van der Waals surface area contributed by atoms with Crippen LogP contribution in [0, 0.1) is 5.41 Å². The maximum absolute atomic E-state index is 12.5. The molecule has 2 rings (SSSR count). The first-order valence-electron chi connectivity index (χ1n) is 7.34. The number of ketones is 1. The smallest absolute Gasteiger partial charge is 0.168 e. The van der Waals surface area contributed by atoms with Crippen molar-refractivity contribution in [3.63, 3.8) is 0 Å². The Labute approximate surface area is 124 Å². The molecule has 4 nitrogen and oxygen atoms in total. The molecule has 0 aromatic heterocycles. The third-order valence-electron chi connectivity index (χ3n) is 3.91. The van der Waals surface area contributed by atoms with Gasteiger partial charge in [0.2, 0.25) is 0 Å². The Morgan fingerprint density at radius 2 is 2.25 bits per heavy atom. The average Bonchev–Trinajstić information content (AvgIpc) is 2.82. The van der Waals surface area contributed by atoms with Crippen LogP contribution in [0.1, 0.15) is 46.0 Å². The van der Waals surface area contributed by atoms with Crippen LogP contribution in [0.15, 0.2) is 16.5 Å². The predicted octanol–water partition coefficient (Wildman–Crippen LogP) is 3.48. The zero-order chi connectivity index (χ0) is 14.6. The highest BCUT2D eigenvalue weighted by atomic mass is 32.2. The van der Waals surface area contributed by atoms with Gasteiger partial charge in [-0.25, -0.2) is 0 Å². The lowest BCUT2D eigenvalue weighted by Crippen LogP contribution is -2.33. The van der Waals surface area contributed by atoms with Crippen LogP contribution in [-0.2, 0) is 9.63 Å². The molecule has 1 atom stereocenters. The van der Waals surface area contributed by atoms with E-state index in [0.717, 1.165) is 24.3 Å². The molecule has 0 aromatic rings. The van der Waals surface area contributed by atoms with E-state index in [0.29, 0.717) is 37.2 Å². The van der Waals surface area contributed by atoms with E-state index in [1.54, 1.807) is 0 Å². The second-order valence-electron chi connectivity index (χ2n) is 5.61. The van der Waals surface area contributed by atoms with Gasteiger partial charge in [-0.1, -0.05) is 18.5 Å². The number of oxime groups is 1. The molecule has 5 heteroatoms. The molecule has 2 aliphatic rings. The number of aliphatic hydroxyl groups excluding tert-OH is 1. The number of rotatable bonds is 5. The Balaban J connectivity index is 2.26. The molecule has 0 bridgehead atoms. The van der Waals surface area contributed by atoms with Crippen molar-refractivity contribution in [1.29, 1.82) is 0 Å². The zero-order valence-electron chi connectivity index (χ0n) is 12.3. The summed E-state index contributed by atoms with van der Waals surface area (Å²) in [4.78, 5) is 17.6. The number of thioether (sulfide) groups is 1. The summed E-state index contributed by atoms with van der Waals surface area (Å²) in [7, 11) is 0. The van der Waals surface area contributed by atoms with Gasteiger partial charge in [-0.15, -0.1) is 0 Å². The predicted molar refractivity (Wildman–Crippen MR) is 82.2 cm³/mol. The molecule has 1 unspecified atom stereocenters. The van der Waals surface area contributed by atoms with Gasteiger partial charge in [0.05, 0.1) is 11.3 Å². The summed E-state index contributed by atoms with van der Waals surface area (Å²) in [5.74, 6) is 2.31. The number of allylic oxidation sites excluding steroid dienone is 2. The molecule has 1 spiro atoms. The van der Waals surface area contributed by atoms with Gasteiger partial charge >= 0.3 is 0 Å². The van der Waals surface area contributed by atoms with E-state index in [1.165, 1.54) is 0 Å². The highest BCUT2D eigenvalue weighted by molar-refractivity contribution is 7.99. The fourth-order valence-electron chi connectivity index (χ4n) is 2.95. The Kier molecular flexibility index (Phi) is 5.13. The van der Waals surface area contributed by atoms with E-state index in [4.69, 9.17) is 4.84 Å². The van der Waals surface area contributed by atoms with E-state index in [1.807, 2.05) is 25.6 Å². The van der Waals surface area contributed by atoms with Gasteiger partial charge in [0.1, 0.15) is 12.4 Å². The van der Waals surface area contributed by atoms with Crippen LogP contribution in [0.2, 0.25) is 0 Å². The Hall–Kier alpha value is -0.970. The number of carbonyl (C=O) groups excluding carboxylic acids is 1. The number of aliphatic hydroxyl groups is 1. The van der Waals surface area contributed by atoms with E-state index in [-0.39, 0.29) is 17.0 Å². The molecule has 1 N–H and O–H groups in total. The van der Waals surface area contributed by atoms with Crippen molar-refractivity contribution in [3.05, 3.63) is 11.3 Å². The SMILES string of the molecule is CCCC(=NOCC)C1=C(O)CC2(CCSC2)CC1=O. The molecular formula is C15H23NO3S. The monoisotopic (exact) mass is 297 g/mol. The summed E-state index contributed by atoms with van der Waals surface area (Å²) in [6.07, 6.45) is 3.69. The first-order chi connectivity index (χ1) is 9.62. The van der Waals surface area contributed by atoms with E-state index in [2.05, 4.69) is 5.16 Å². The second kappa shape index (κ2) is 6.66. The summed E-state index contributed by atoms with van der Waals surface area (Å²) >= 11 is 1.88. The Morgan fingerprint density at radius 3 is 2.80 bits per heavy atom. The van der Waals surface area contributed by atoms with Crippen molar-refractivity contribution in [2.45, 2.75) is 46.0 Å². The Morgan fingerprint density at radius 1 is 1.45 bits per heavy atom. The number of hydrogen-bond acceptors (Lipinski definition) is 5. The molecular weight excluding hydrogens is 274 g/mol. The van der Waals surface area contributed by atoms with Crippen LogP contribution in [0.4, 0.5) is 0 Å². The number of hydrogen-bond donors (Lipinski definition) is 1. The maximum atomic E-state index is 12.5. The summed E-state index contributed by atoms with van der Waals surface area (Å²) < 4.78 is 0. The molecule has 0 saturated carbocycles. The molecule has 1 saturated heterocycles. The molecule has 1 aliphatic carbocycles. The minimum atomic E-state index is -0.0156. The standard InChI is InChI=1S/C15H23NO3S/c1-3-5-11(16-19-4-2)14-12(17)8-15(9-13(14)18)6-7-20-10-15/h17H,3-10H2,1-2H3. The third-order valence-corrected chi connectivity index (χ3v) is 5.22. The van der Waals surface area contributed by atoms with Crippen molar-refractivity contribution in [2.24, 2.45) is 10.6 Å². The van der Waals surface area contributed by atoms with E-state index < -0.39 is 0 Å². The first-order valence-corrected chi connectivity index (χ1v) is 8.49. The summed E-state index contributed by atoms with van der Waals surface area (Å²) in [5, 5.41) is 14.4. The van der Waals surface area contributed by atoms with Gasteiger partial charge in [-0.2, -0.15) is 11.8 Å². The van der Waals surface area contributed by atoms with Crippen molar-refractivity contribution in [1.82, 2.24) is 0 Å². The van der Waals surface area contributed by atoms with Crippen molar-refractivity contribution in [3.8, 4) is 0 Å². The molecule has 1 heterocycles. The van der Waals surface area contributed by atoms with Crippen LogP contribution in [-0.4, -0.2) is 34.7 Å². The van der Waals surface area contributed by atoms with Crippen LogP contribution < -0.4 is 0 Å². The van der Waals surface area contributed by atoms with Crippen molar-refractivity contribution in [2.75, 3.05) is 18.1 Å².